The Kier molecular flexibility index (Phi) is 4.52. The quantitative estimate of drug-likeness (QED) is 0.724. The maximum absolute atomic E-state index is 12.5. The maximum Gasteiger partial charge on any atom is 0.282 e. The molecular weight excluding hydrogens is 318 g/mol. The Morgan fingerprint density at radius 2 is 1.83 bits per heavy atom. The van der Waals surface area contributed by atoms with E-state index in [0.29, 0.717) is 0 Å². The molecule has 0 amide bonds. The van der Waals surface area contributed by atoms with Gasteiger partial charge in [-0.1, -0.05) is 37.6 Å². The summed E-state index contributed by atoms with van der Waals surface area (Å²) in [5.41, 5.74) is 4.76. The molecule has 0 spiro atoms. The fourth-order valence-electron chi connectivity index (χ4n) is 3.61. The molecule has 3 nitrogen and oxygen atoms in total. The molecule has 1 fully saturated rings. The van der Waals surface area contributed by atoms with Crippen molar-refractivity contribution in [1.29, 1.82) is 0 Å². The van der Waals surface area contributed by atoms with E-state index in [2.05, 4.69) is 24.3 Å². The van der Waals surface area contributed by atoms with E-state index >= 15 is 0 Å². The first-order valence-corrected chi connectivity index (χ1v) is 10.1. The van der Waals surface area contributed by atoms with Gasteiger partial charge in [-0.15, -0.1) is 0 Å². The zero-order chi connectivity index (χ0) is 17.4. The molecule has 1 unspecified atom stereocenters. The van der Waals surface area contributed by atoms with Crippen molar-refractivity contribution in [1.82, 2.24) is 0 Å². The minimum absolute atomic E-state index is 0.0959. The summed E-state index contributed by atoms with van der Waals surface area (Å²) >= 11 is 0. The van der Waals surface area contributed by atoms with Crippen molar-refractivity contribution in [2.45, 2.75) is 57.8 Å². The number of nitrogens with zero attached hydrogens (tertiary/aromatic N) is 1. The molecular formula is C20H25NO2S. The lowest BCUT2D eigenvalue weighted by Crippen LogP contribution is -2.15. The first-order chi connectivity index (χ1) is 11.4. The predicted molar refractivity (Wildman–Crippen MR) is 98.8 cm³/mol. The van der Waals surface area contributed by atoms with Crippen LogP contribution in [0.15, 0.2) is 56.4 Å². The summed E-state index contributed by atoms with van der Waals surface area (Å²) in [4.78, 5) is 0.253. The second-order valence-electron chi connectivity index (χ2n) is 7.06. The second kappa shape index (κ2) is 6.32. The lowest BCUT2D eigenvalue weighted by Gasteiger charge is -2.23. The van der Waals surface area contributed by atoms with Crippen LogP contribution in [0.1, 0.15) is 51.5 Å². The van der Waals surface area contributed by atoms with Crippen molar-refractivity contribution in [3.8, 4) is 0 Å². The zero-order valence-electron chi connectivity index (χ0n) is 14.7. The molecule has 2 aliphatic rings. The van der Waals surface area contributed by atoms with Crippen molar-refractivity contribution in [2.75, 3.05) is 0 Å². The van der Waals surface area contributed by atoms with Gasteiger partial charge in [0.1, 0.15) is 0 Å². The van der Waals surface area contributed by atoms with Crippen LogP contribution >= 0.6 is 0 Å². The Hall–Kier alpha value is -1.68. The Balaban J connectivity index is 1.96. The minimum atomic E-state index is -3.65. The van der Waals surface area contributed by atoms with Crippen molar-refractivity contribution in [3.63, 3.8) is 0 Å². The minimum Gasteiger partial charge on any atom is -0.199 e. The third kappa shape index (κ3) is 3.12. The van der Waals surface area contributed by atoms with Crippen molar-refractivity contribution in [2.24, 2.45) is 9.81 Å². The Labute approximate surface area is 145 Å². The van der Waals surface area contributed by atoms with Gasteiger partial charge in [0.25, 0.3) is 10.0 Å². The highest BCUT2D eigenvalue weighted by Crippen LogP contribution is 2.47. The molecule has 1 atom stereocenters. The third-order valence-electron chi connectivity index (χ3n) is 5.32. The molecule has 0 bridgehead atoms. The van der Waals surface area contributed by atoms with Crippen LogP contribution in [-0.2, 0) is 10.0 Å². The van der Waals surface area contributed by atoms with E-state index in [1.54, 1.807) is 30.5 Å². The fourth-order valence-corrected chi connectivity index (χ4v) is 4.46. The van der Waals surface area contributed by atoms with Crippen molar-refractivity contribution < 1.29 is 8.42 Å². The lowest BCUT2D eigenvalue weighted by atomic mass is 9.81. The number of rotatable bonds is 4. The number of allylic oxidation sites excluding steroid dienone is 4. The molecule has 0 aromatic heterocycles. The summed E-state index contributed by atoms with van der Waals surface area (Å²) in [6.07, 6.45) is 9.44. The second-order valence-corrected chi connectivity index (χ2v) is 8.69. The fraction of sp³-hybridized carbons (Fsp3) is 0.450. The topological polar surface area (TPSA) is 46.5 Å². The zero-order valence-corrected chi connectivity index (χ0v) is 15.5. The molecule has 128 valence electrons. The summed E-state index contributed by atoms with van der Waals surface area (Å²) in [5, 5.41) is 0. The average molecular weight is 343 g/mol. The van der Waals surface area contributed by atoms with Crippen LogP contribution in [0.4, 0.5) is 0 Å². The van der Waals surface area contributed by atoms with Gasteiger partial charge in [-0.05, 0) is 67.9 Å². The normalized spacial score (nSPS) is 24.4. The van der Waals surface area contributed by atoms with Gasteiger partial charge in [-0.25, -0.2) is 0 Å². The molecule has 1 aromatic rings. The van der Waals surface area contributed by atoms with Gasteiger partial charge >= 0.3 is 0 Å². The summed E-state index contributed by atoms with van der Waals surface area (Å²) in [5.74, 6) is 0. The summed E-state index contributed by atoms with van der Waals surface area (Å²) < 4.78 is 29.1. The molecule has 0 N–H and O–H groups in total. The van der Waals surface area contributed by atoms with Crippen LogP contribution in [-0.4, -0.2) is 14.6 Å². The first-order valence-electron chi connectivity index (χ1n) is 8.68. The Morgan fingerprint density at radius 3 is 2.50 bits per heavy atom. The van der Waals surface area contributed by atoms with Crippen LogP contribution in [0.2, 0.25) is 0 Å². The van der Waals surface area contributed by atoms with Gasteiger partial charge in [0.05, 0.1) is 4.90 Å². The van der Waals surface area contributed by atoms with Gasteiger partial charge in [0.2, 0.25) is 0 Å². The van der Waals surface area contributed by atoms with Crippen molar-refractivity contribution in [3.05, 3.63) is 52.6 Å². The summed E-state index contributed by atoms with van der Waals surface area (Å²) in [6.45, 7) is 6.27. The lowest BCUT2D eigenvalue weighted by molar-refractivity contribution is 0.520. The highest BCUT2D eigenvalue weighted by atomic mass is 32.2. The van der Waals surface area contributed by atoms with E-state index in [0.717, 1.165) is 30.4 Å². The first kappa shape index (κ1) is 17.2. The van der Waals surface area contributed by atoms with Crippen LogP contribution in [0, 0.1) is 12.3 Å². The van der Waals surface area contributed by atoms with E-state index in [9.17, 15) is 8.42 Å². The highest BCUT2D eigenvalue weighted by Gasteiger charge is 2.35. The van der Waals surface area contributed by atoms with Crippen LogP contribution in [0.5, 0.6) is 0 Å². The molecule has 0 radical (unpaired) electrons. The highest BCUT2D eigenvalue weighted by molar-refractivity contribution is 7.90. The largest absolute Gasteiger partial charge is 0.282 e. The number of fused-ring (bicyclic) bond motifs is 1. The summed E-state index contributed by atoms with van der Waals surface area (Å²) in [7, 11) is -3.65. The van der Waals surface area contributed by atoms with Crippen LogP contribution < -0.4 is 0 Å². The SMILES string of the molecule is CCC1(C)C=C2CCCCC2=C1/C=N/S(=O)(=O)c1ccc(C)cc1. The van der Waals surface area contributed by atoms with E-state index in [-0.39, 0.29) is 10.3 Å². The number of hydrogen-bond donors (Lipinski definition) is 0. The summed E-state index contributed by atoms with van der Waals surface area (Å²) in [6, 6.07) is 6.85. The molecule has 1 aromatic carbocycles. The number of sulfonamides is 1. The molecule has 3 rings (SSSR count). The standard InChI is InChI=1S/C20H25NO2S/c1-4-20(3)13-16-7-5-6-8-18(16)19(20)14-21-24(22,23)17-11-9-15(2)10-12-17/h9-14H,4-8H2,1-3H3/b21-14+. The number of benzene rings is 1. The third-order valence-corrected chi connectivity index (χ3v) is 6.57. The molecule has 0 aliphatic heterocycles. The van der Waals surface area contributed by atoms with Gasteiger partial charge in [-0.2, -0.15) is 12.8 Å². The number of aryl methyl sites for hydroxylation is 1. The molecule has 2 aliphatic carbocycles. The Bertz CT molecular complexity index is 829. The predicted octanol–water partition coefficient (Wildman–Crippen LogP) is 4.98. The number of hydrogen-bond acceptors (Lipinski definition) is 2. The van der Waals surface area contributed by atoms with E-state index in [1.807, 2.05) is 6.92 Å². The molecule has 0 heterocycles. The van der Waals surface area contributed by atoms with Crippen LogP contribution in [0.3, 0.4) is 0 Å². The van der Waals surface area contributed by atoms with Gasteiger partial charge < -0.3 is 0 Å². The Morgan fingerprint density at radius 1 is 1.17 bits per heavy atom. The molecule has 1 saturated carbocycles. The smallest absolute Gasteiger partial charge is 0.199 e. The van der Waals surface area contributed by atoms with E-state index in [1.165, 1.54) is 24.0 Å². The van der Waals surface area contributed by atoms with E-state index in [4.69, 9.17) is 0 Å². The van der Waals surface area contributed by atoms with Gasteiger partial charge in [0.15, 0.2) is 0 Å². The van der Waals surface area contributed by atoms with Crippen LogP contribution in [0.25, 0.3) is 0 Å². The van der Waals surface area contributed by atoms with Crippen molar-refractivity contribution >= 4 is 16.2 Å². The average Bonchev–Trinajstić information content (AvgIpc) is 2.85. The molecule has 0 saturated heterocycles. The monoisotopic (exact) mass is 343 g/mol. The maximum atomic E-state index is 12.5. The van der Waals surface area contributed by atoms with Gasteiger partial charge in [-0.3, -0.25) is 0 Å². The molecule has 24 heavy (non-hydrogen) atoms. The molecule has 4 heteroatoms. The van der Waals surface area contributed by atoms with Gasteiger partial charge in [0, 0.05) is 11.6 Å². The van der Waals surface area contributed by atoms with E-state index < -0.39 is 10.0 Å².